The Hall–Kier alpha value is -2.80. The normalized spacial score (nSPS) is 12.4. The fourth-order valence-electron chi connectivity index (χ4n) is 2.51. The molecule has 0 fully saturated rings. The number of hydroxylamine groups is 1. The summed E-state index contributed by atoms with van der Waals surface area (Å²) < 4.78 is 0. The molecule has 4 N–H and O–H groups in total. The number of aliphatic hydroxyl groups is 1. The molecule has 142 valence electrons. The molecule has 0 aliphatic carbocycles. The standard InChI is InChI=1S/C21H25N3O3/c1-4-19(23-14(2)3)16-9-11-17(12-10-16)20(25)22-13-15-5-7-18(8-6-15)21(26)24-27/h4-12,21,24,26-27H,13H2,1-3H3,(H,22,25). The Morgan fingerprint density at radius 1 is 1.07 bits per heavy atom. The molecule has 0 aliphatic heterocycles. The van der Waals surface area contributed by atoms with Crippen molar-refractivity contribution in [3.8, 4) is 0 Å². The van der Waals surface area contributed by atoms with E-state index in [2.05, 4.69) is 10.3 Å². The number of carbonyl (C=O) groups is 1. The number of benzene rings is 2. The fourth-order valence-corrected chi connectivity index (χ4v) is 2.51. The Labute approximate surface area is 159 Å². The molecule has 0 aromatic heterocycles. The van der Waals surface area contributed by atoms with Crippen molar-refractivity contribution in [3.63, 3.8) is 0 Å². The van der Waals surface area contributed by atoms with Crippen LogP contribution in [0.3, 0.4) is 0 Å². The zero-order chi connectivity index (χ0) is 19.8. The first kappa shape index (κ1) is 20.5. The van der Waals surface area contributed by atoms with Gasteiger partial charge in [-0.3, -0.25) is 9.79 Å². The van der Waals surface area contributed by atoms with Crippen molar-refractivity contribution in [2.45, 2.75) is 33.5 Å². The van der Waals surface area contributed by atoms with Gasteiger partial charge >= 0.3 is 0 Å². The maximum Gasteiger partial charge on any atom is 0.251 e. The van der Waals surface area contributed by atoms with Crippen LogP contribution in [0.25, 0.3) is 5.70 Å². The van der Waals surface area contributed by atoms with Crippen molar-refractivity contribution in [1.29, 1.82) is 0 Å². The van der Waals surface area contributed by atoms with Gasteiger partial charge in [0.15, 0.2) is 6.23 Å². The largest absolute Gasteiger partial charge is 0.372 e. The van der Waals surface area contributed by atoms with Crippen LogP contribution >= 0.6 is 0 Å². The highest BCUT2D eigenvalue weighted by Gasteiger charge is 2.08. The maximum atomic E-state index is 12.3. The lowest BCUT2D eigenvalue weighted by atomic mass is 10.1. The number of amides is 1. The molecule has 2 aromatic carbocycles. The third-order valence-electron chi connectivity index (χ3n) is 3.93. The van der Waals surface area contributed by atoms with Crippen molar-refractivity contribution in [2.75, 3.05) is 0 Å². The van der Waals surface area contributed by atoms with E-state index in [0.717, 1.165) is 22.5 Å². The Morgan fingerprint density at radius 2 is 1.67 bits per heavy atom. The quantitative estimate of drug-likeness (QED) is 0.343. The fraction of sp³-hybridized carbons (Fsp3) is 0.238. The lowest BCUT2D eigenvalue weighted by Gasteiger charge is -2.10. The van der Waals surface area contributed by atoms with Crippen LogP contribution in [0.15, 0.2) is 59.6 Å². The van der Waals surface area contributed by atoms with Crippen LogP contribution in [0, 0.1) is 0 Å². The van der Waals surface area contributed by atoms with Crippen LogP contribution in [0.5, 0.6) is 0 Å². The summed E-state index contributed by atoms with van der Waals surface area (Å²) >= 11 is 0. The topological polar surface area (TPSA) is 94.0 Å². The summed E-state index contributed by atoms with van der Waals surface area (Å²) in [5, 5.41) is 21.0. The van der Waals surface area contributed by atoms with E-state index in [1.165, 1.54) is 0 Å². The number of allylic oxidation sites excluding steroid dienone is 1. The first-order chi connectivity index (χ1) is 12.9. The highest BCUT2D eigenvalue weighted by molar-refractivity contribution is 5.94. The van der Waals surface area contributed by atoms with Crippen molar-refractivity contribution < 1.29 is 15.1 Å². The second-order valence-electron chi connectivity index (χ2n) is 6.27. The summed E-state index contributed by atoms with van der Waals surface area (Å²) in [6.45, 7) is 6.18. The zero-order valence-electron chi connectivity index (χ0n) is 15.7. The third kappa shape index (κ3) is 5.86. The van der Waals surface area contributed by atoms with Gasteiger partial charge in [-0.1, -0.05) is 42.5 Å². The van der Waals surface area contributed by atoms with Gasteiger partial charge in [0.05, 0.1) is 5.70 Å². The smallest absolute Gasteiger partial charge is 0.251 e. The predicted octanol–water partition coefficient (Wildman–Crippen LogP) is 3.43. The van der Waals surface area contributed by atoms with E-state index in [1.54, 1.807) is 41.9 Å². The van der Waals surface area contributed by atoms with Gasteiger partial charge in [0.1, 0.15) is 0 Å². The Bertz CT molecular complexity index is 821. The molecule has 2 rings (SSSR count). The molecule has 6 heteroatoms. The van der Waals surface area contributed by atoms with Gasteiger partial charge in [-0.15, -0.1) is 0 Å². The highest BCUT2D eigenvalue weighted by Crippen LogP contribution is 2.17. The molecule has 27 heavy (non-hydrogen) atoms. The van der Waals surface area contributed by atoms with Crippen LogP contribution in [-0.2, 0) is 6.54 Å². The molecule has 6 nitrogen and oxygen atoms in total. The molecular weight excluding hydrogens is 342 g/mol. The van der Waals surface area contributed by atoms with Gasteiger partial charge in [-0.05, 0) is 49.6 Å². The molecule has 0 saturated carbocycles. The molecule has 1 unspecified atom stereocenters. The van der Waals surface area contributed by atoms with Gasteiger partial charge in [-0.2, -0.15) is 5.48 Å². The lowest BCUT2D eigenvalue weighted by molar-refractivity contribution is 0.000691. The molecule has 0 spiro atoms. The predicted molar refractivity (Wildman–Crippen MR) is 106 cm³/mol. The third-order valence-corrected chi connectivity index (χ3v) is 3.93. The van der Waals surface area contributed by atoms with Crippen LogP contribution in [-0.4, -0.2) is 21.9 Å². The minimum Gasteiger partial charge on any atom is -0.372 e. The van der Waals surface area contributed by atoms with Crippen molar-refractivity contribution in [3.05, 3.63) is 76.9 Å². The van der Waals surface area contributed by atoms with Crippen LogP contribution in [0.1, 0.15) is 54.0 Å². The number of aliphatic hydroxyl groups excluding tert-OH is 1. The van der Waals surface area contributed by atoms with Gasteiger partial charge < -0.3 is 15.6 Å². The number of aliphatic imine (C=N–C) groups is 1. The molecule has 2 aromatic rings. The van der Waals surface area contributed by atoms with E-state index < -0.39 is 6.23 Å². The molecule has 1 amide bonds. The minimum atomic E-state index is -1.13. The summed E-state index contributed by atoms with van der Waals surface area (Å²) in [4.78, 5) is 16.8. The van der Waals surface area contributed by atoms with E-state index in [1.807, 2.05) is 39.0 Å². The molecule has 1 atom stereocenters. The zero-order valence-corrected chi connectivity index (χ0v) is 15.7. The SMILES string of the molecule is CC=C(N=C(C)C)c1ccc(C(=O)NCc2ccc(C(O)NO)cc2)cc1. The summed E-state index contributed by atoms with van der Waals surface area (Å²) in [7, 11) is 0. The van der Waals surface area contributed by atoms with E-state index in [9.17, 15) is 9.90 Å². The number of nitrogens with zero attached hydrogens (tertiary/aromatic N) is 1. The van der Waals surface area contributed by atoms with Gasteiger partial charge in [0, 0.05) is 17.8 Å². The van der Waals surface area contributed by atoms with Crippen molar-refractivity contribution >= 4 is 17.3 Å². The van der Waals surface area contributed by atoms with E-state index in [0.29, 0.717) is 17.7 Å². The molecule has 0 radical (unpaired) electrons. The monoisotopic (exact) mass is 367 g/mol. The van der Waals surface area contributed by atoms with Gasteiger partial charge in [-0.25, -0.2) is 0 Å². The van der Waals surface area contributed by atoms with Crippen molar-refractivity contribution in [1.82, 2.24) is 10.8 Å². The Balaban J connectivity index is 1.99. The Morgan fingerprint density at radius 3 is 2.19 bits per heavy atom. The maximum absolute atomic E-state index is 12.3. The molecule has 0 aliphatic rings. The molecule has 0 heterocycles. The average Bonchev–Trinajstić information content (AvgIpc) is 2.70. The minimum absolute atomic E-state index is 0.167. The summed E-state index contributed by atoms with van der Waals surface area (Å²) in [6, 6.07) is 14.2. The Kier molecular flexibility index (Phi) is 7.43. The summed E-state index contributed by atoms with van der Waals surface area (Å²) in [6.07, 6.45) is 0.810. The highest BCUT2D eigenvalue weighted by atomic mass is 16.5. The van der Waals surface area contributed by atoms with E-state index >= 15 is 0 Å². The van der Waals surface area contributed by atoms with Gasteiger partial charge in [0.25, 0.3) is 5.91 Å². The second-order valence-corrected chi connectivity index (χ2v) is 6.27. The molecule has 0 bridgehead atoms. The first-order valence-corrected chi connectivity index (χ1v) is 8.68. The number of carbonyl (C=O) groups excluding carboxylic acids is 1. The number of nitrogens with one attached hydrogen (secondary N) is 2. The number of rotatable bonds is 7. The van der Waals surface area contributed by atoms with Crippen LogP contribution < -0.4 is 10.8 Å². The van der Waals surface area contributed by atoms with Crippen LogP contribution in [0.2, 0.25) is 0 Å². The van der Waals surface area contributed by atoms with Gasteiger partial charge in [0.2, 0.25) is 0 Å². The van der Waals surface area contributed by atoms with E-state index in [4.69, 9.17) is 5.21 Å². The molecule has 0 saturated heterocycles. The summed E-state index contributed by atoms with van der Waals surface area (Å²) in [5.74, 6) is -0.167. The van der Waals surface area contributed by atoms with Crippen LogP contribution in [0.4, 0.5) is 0 Å². The average molecular weight is 367 g/mol. The van der Waals surface area contributed by atoms with Crippen molar-refractivity contribution in [2.24, 2.45) is 4.99 Å². The molecular formula is C21H25N3O3. The number of hydrogen-bond donors (Lipinski definition) is 4. The number of hydrogen-bond acceptors (Lipinski definition) is 5. The second kappa shape index (κ2) is 9.78. The lowest BCUT2D eigenvalue weighted by Crippen LogP contribution is -2.22. The first-order valence-electron chi connectivity index (χ1n) is 8.68. The van der Waals surface area contributed by atoms with E-state index in [-0.39, 0.29) is 5.91 Å². The summed E-state index contributed by atoms with van der Waals surface area (Å²) in [5.41, 5.74) is 6.57.